The van der Waals surface area contributed by atoms with Crippen molar-refractivity contribution in [2.45, 2.75) is 19.4 Å². The molecular weight excluding hydrogens is 330 g/mol. The summed E-state index contributed by atoms with van der Waals surface area (Å²) in [7, 11) is 0. The number of aryl methyl sites for hydroxylation is 1. The maximum absolute atomic E-state index is 14.0. The summed E-state index contributed by atoms with van der Waals surface area (Å²) >= 11 is 0. The van der Waals surface area contributed by atoms with Crippen molar-refractivity contribution in [1.29, 1.82) is 0 Å². The van der Waals surface area contributed by atoms with Crippen LogP contribution in [0.1, 0.15) is 17.2 Å². The van der Waals surface area contributed by atoms with E-state index in [9.17, 15) is 23.5 Å². The number of para-hydroxylation sites is 1. The minimum Gasteiger partial charge on any atom is -0.481 e. The normalized spacial score (nSPS) is 12.3. The number of hydrogen-bond acceptors (Lipinski definition) is 3. The number of rotatable bonds is 4. The van der Waals surface area contributed by atoms with Crippen molar-refractivity contribution in [3.63, 3.8) is 0 Å². The first-order valence-electron chi connectivity index (χ1n) is 7.52. The van der Waals surface area contributed by atoms with Gasteiger partial charge in [-0.15, -0.1) is 0 Å². The van der Waals surface area contributed by atoms with Crippen LogP contribution in [0.5, 0.6) is 0 Å². The number of carboxylic acids is 1. The second kappa shape index (κ2) is 6.43. The molecule has 1 aromatic heterocycles. The number of fused-ring (bicyclic) bond motifs is 1. The average molecular weight is 344 g/mol. The van der Waals surface area contributed by atoms with E-state index in [1.165, 1.54) is 4.57 Å². The lowest BCUT2D eigenvalue weighted by molar-refractivity contribution is -0.139. The molecule has 1 N–H and O–H groups in total. The smallest absolute Gasteiger partial charge is 0.348 e. The van der Waals surface area contributed by atoms with Gasteiger partial charge in [-0.3, -0.25) is 9.36 Å². The quantitative estimate of drug-likeness (QED) is 0.790. The van der Waals surface area contributed by atoms with Crippen LogP contribution in [0.15, 0.2) is 47.3 Å². The number of hydrogen-bond donors (Lipinski definition) is 1. The minimum atomic E-state index is -1.36. The van der Waals surface area contributed by atoms with E-state index < -0.39 is 29.2 Å². The molecule has 0 aliphatic carbocycles. The molecule has 1 atom stereocenters. The standard InChI is InChI=1S/C18H14F2N2O3/c1-10-12-4-2-3-5-16(12)22(18(25)21-10)9-14(17(23)24)13-7-6-11(19)8-15(13)20/h2-8,14H,9H2,1H3,(H,23,24). The molecule has 0 saturated heterocycles. The average Bonchev–Trinajstić information content (AvgIpc) is 2.55. The maximum atomic E-state index is 14.0. The highest BCUT2D eigenvalue weighted by molar-refractivity contribution is 5.81. The van der Waals surface area contributed by atoms with Crippen LogP contribution in [0.2, 0.25) is 0 Å². The molecule has 128 valence electrons. The number of nitrogens with zero attached hydrogens (tertiary/aromatic N) is 2. The fourth-order valence-corrected chi connectivity index (χ4v) is 2.83. The highest BCUT2D eigenvalue weighted by Crippen LogP contribution is 2.24. The number of benzene rings is 2. The van der Waals surface area contributed by atoms with Gasteiger partial charge in [-0.2, -0.15) is 4.98 Å². The predicted molar refractivity (Wildman–Crippen MR) is 87.5 cm³/mol. The summed E-state index contributed by atoms with van der Waals surface area (Å²) in [4.78, 5) is 27.9. The molecule has 0 saturated carbocycles. The van der Waals surface area contributed by atoms with E-state index in [-0.39, 0.29) is 12.1 Å². The van der Waals surface area contributed by atoms with E-state index in [0.29, 0.717) is 22.7 Å². The van der Waals surface area contributed by atoms with Crippen molar-refractivity contribution in [3.05, 3.63) is 75.8 Å². The highest BCUT2D eigenvalue weighted by atomic mass is 19.1. The minimum absolute atomic E-state index is 0.189. The van der Waals surface area contributed by atoms with Gasteiger partial charge >= 0.3 is 11.7 Å². The zero-order valence-electron chi connectivity index (χ0n) is 13.2. The molecule has 0 spiro atoms. The van der Waals surface area contributed by atoms with Gasteiger partial charge in [0.25, 0.3) is 0 Å². The van der Waals surface area contributed by atoms with E-state index in [1.54, 1.807) is 31.2 Å². The van der Waals surface area contributed by atoms with Crippen LogP contribution in [-0.2, 0) is 11.3 Å². The summed E-state index contributed by atoms with van der Waals surface area (Å²) in [5.41, 5.74) is 0.223. The largest absolute Gasteiger partial charge is 0.481 e. The second-order valence-corrected chi connectivity index (χ2v) is 5.66. The molecule has 0 bridgehead atoms. The van der Waals surface area contributed by atoms with Crippen molar-refractivity contribution in [2.75, 3.05) is 0 Å². The first kappa shape index (κ1) is 16.8. The van der Waals surface area contributed by atoms with Crippen molar-refractivity contribution in [2.24, 2.45) is 0 Å². The van der Waals surface area contributed by atoms with Crippen LogP contribution in [0.4, 0.5) is 8.78 Å². The molecule has 0 aliphatic rings. The molecule has 0 radical (unpaired) electrons. The first-order chi connectivity index (χ1) is 11.9. The molecule has 3 rings (SSSR count). The molecule has 0 fully saturated rings. The highest BCUT2D eigenvalue weighted by Gasteiger charge is 2.25. The van der Waals surface area contributed by atoms with Crippen molar-refractivity contribution in [1.82, 2.24) is 9.55 Å². The molecule has 1 heterocycles. The fourth-order valence-electron chi connectivity index (χ4n) is 2.83. The summed E-state index contributed by atoms with van der Waals surface area (Å²) in [5.74, 6) is -4.44. The zero-order chi connectivity index (χ0) is 18.1. The third-order valence-corrected chi connectivity index (χ3v) is 4.08. The van der Waals surface area contributed by atoms with Crippen LogP contribution in [0.25, 0.3) is 10.9 Å². The lowest BCUT2D eigenvalue weighted by atomic mass is 9.98. The number of aliphatic carboxylic acids is 1. The van der Waals surface area contributed by atoms with Gasteiger partial charge in [0.15, 0.2) is 0 Å². The predicted octanol–water partition coefficient (Wildman–Crippen LogP) is 2.85. The van der Waals surface area contributed by atoms with Gasteiger partial charge in [-0.1, -0.05) is 24.3 Å². The van der Waals surface area contributed by atoms with Gasteiger partial charge in [0.05, 0.1) is 11.2 Å². The summed E-state index contributed by atoms with van der Waals surface area (Å²) in [6.07, 6.45) is 0. The fraction of sp³-hybridized carbons (Fsp3) is 0.167. The summed E-state index contributed by atoms with van der Waals surface area (Å²) in [6.45, 7) is 1.37. The Bertz CT molecular complexity index is 1030. The van der Waals surface area contributed by atoms with E-state index >= 15 is 0 Å². The van der Waals surface area contributed by atoms with Crippen molar-refractivity contribution >= 4 is 16.9 Å². The van der Waals surface area contributed by atoms with E-state index in [0.717, 1.165) is 12.1 Å². The monoisotopic (exact) mass is 344 g/mol. The van der Waals surface area contributed by atoms with E-state index in [4.69, 9.17) is 0 Å². The van der Waals surface area contributed by atoms with Gasteiger partial charge in [-0.25, -0.2) is 13.6 Å². The molecule has 5 nitrogen and oxygen atoms in total. The van der Waals surface area contributed by atoms with Crippen molar-refractivity contribution in [3.8, 4) is 0 Å². The Labute approximate surface area is 141 Å². The van der Waals surface area contributed by atoms with Gasteiger partial charge in [0.2, 0.25) is 0 Å². The molecule has 7 heteroatoms. The molecular formula is C18H14F2N2O3. The van der Waals surface area contributed by atoms with E-state index in [2.05, 4.69) is 4.98 Å². The van der Waals surface area contributed by atoms with Crippen LogP contribution in [0.3, 0.4) is 0 Å². The lowest BCUT2D eigenvalue weighted by Crippen LogP contribution is -2.29. The van der Waals surface area contributed by atoms with Crippen LogP contribution in [0, 0.1) is 18.6 Å². The van der Waals surface area contributed by atoms with Crippen LogP contribution < -0.4 is 5.69 Å². The second-order valence-electron chi connectivity index (χ2n) is 5.66. The maximum Gasteiger partial charge on any atom is 0.348 e. The van der Waals surface area contributed by atoms with Crippen LogP contribution >= 0.6 is 0 Å². The lowest BCUT2D eigenvalue weighted by Gasteiger charge is -2.17. The Morgan fingerprint density at radius 3 is 2.64 bits per heavy atom. The Kier molecular flexibility index (Phi) is 4.31. The Morgan fingerprint density at radius 1 is 1.24 bits per heavy atom. The van der Waals surface area contributed by atoms with Gasteiger partial charge in [-0.05, 0) is 19.1 Å². The number of carboxylic acid groups (broad SMARTS) is 1. The van der Waals surface area contributed by atoms with Crippen molar-refractivity contribution < 1.29 is 18.7 Å². The van der Waals surface area contributed by atoms with Gasteiger partial charge < -0.3 is 5.11 Å². The number of carbonyl (C=O) groups is 1. The summed E-state index contributed by atoms with van der Waals surface area (Å²) in [6, 6.07) is 9.62. The third kappa shape index (κ3) is 3.13. The number of halogens is 2. The molecule has 2 aromatic carbocycles. The molecule has 0 aliphatic heterocycles. The van der Waals surface area contributed by atoms with Gasteiger partial charge in [0, 0.05) is 23.6 Å². The molecule has 3 aromatic rings. The summed E-state index contributed by atoms with van der Waals surface area (Å²) in [5, 5.41) is 10.2. The number of aromatic nitrogens is 2. The van der Waals surface area contributed by atoms with Crippen LogP contribution in [-0.4, -0.2) is 20.6 Å². The Balaban J connectivity index is 2.15. The van der Waals surface area contributed by atoms with E-state index in [1.807, 2.05) is 0 Å². The first-order valence-corrected chi connectivity index (χ1v) is 7.52. The topological polar surface area (TPSA) is 72.2 Å². The molecule has 1 unspecified atom stereocenters. The molecule has 25 heavy (non-hydrogen) atoms. The molecule has 0 amide bonds. The Morgan fingerprint density at radius 2 is 1.96 bits per heavy atom. The van der Waals surface area contributed by atoms with Gasteiger partial charge in [0.1, 0.15) is 17.6 Å². The summed E-state index contributed by atoms with van der Waals surface area (Å²) < 4.78 is 28.3. The SMILES string of the molecule is Cc1nc(=O)n(CC(C(=O)O)c2ccc(F)cc2F)c2ccccc12. The zero-order valence-corrected chi connectivity index (χ0v) is 13.2. The Hall–Kier alpha value is -3.09. The third-order valence-electron chi connectivity index (χ3n) is 4.08.